The van der Waals surface area contributed by atoms with Gasteiger partial charge in [-0.15, -0.1) is 0 Å². The lowest BCUT2D eigenvalue weighted by Gasteiger charge is -2.19. The molecule has 1 atom stereocenters. The van der Waals surface area contributed by atoms with Crippen molar-refractivity contribution in [2.75, 3.05) is 24.8 Å². The Hall–Kier alpha value is -3.69. The molecule has 1 aromatic heterocycles. The molecule has 180 valence electrons. The number of nitrogen functional groups attached to an aromatic ring is 1. The molecule has 1 aliphatic heterocycles. The molecule has 7 nitrogen and oxygen atoms in total. The van der Waals surface area contributed by atoms with E-state index in [0.717, 1.165) is 24.3 Å². The Morgan fingerprint density at radius 1 is 1.15 bits per heavy atom. The maximum Gasteiger partial charge on any atom is 0.416 e. The van der Waals surface area contributed by atoms with Gasteiger partial charge in [0.25, 0.3) is 0 Å². The molecule has 0 fully saturated rings. The summed E-state index contributed by atoms with van der Waals surface area (Å²) in [6.07, 6.45) is -2.00. The first kappa shape index (κ1) is 23.5. The lowest BCUT2D eigenvalue weighted by Crippen LogP contribution is -2.16. The number of hydrogen-bond acceptors (Lipinski definition) is 7. The molecule has 3 aromatic rings. The number of halogens is 3. The van der Waals surface area contributed by atoms with Crippen molar-refractivity contribution in [2.24, 2.45) is 0 Å². The Bertz CT molecular complexity index is 1240. The Kier molecular flexibility index (Phi) is 6.41. The van der Waals surface area contributed by atoms with E-state index in [1.807, 2.05) is 13.0 Å². The number of aromatic nitrogens is 2. The highest BCUT2D eigenvalue weighted by molar-refractivity contribution is 5.91. The van der Waals surface area contributed by atoms with Crippen molar-refractivity contribution in [3.8, 4) is 11.5 Å². The Balaban J connectivity index is 1.66. The standard InChI is InChI=1S/C24H25F3N4O3/c1-13(20-5-4-6-33-20)34-22-10-18-19(11-21(22)32-3)30-14(2)31-23(18)29-12-15-7-16(24(25,26)27)9-17(28)8-15/h5,7-11,13H,4,6,12,28H2,1-3H3,(H,29,30,31). The number of hydrogen-bond donors (Lipinski definition) is 2. The number of rotatable bonds is 7. The molecule has 0 spiro atoms. The topological polar surface area (TPSA) is 91.5 Å². The van der Waals surface area contributed by atoms with Crippen LogP contribution in [0.2, 0.25) is 0 Å². The fourth-order valence-corrected chi connectivity index (χ4v) is 3.78. The van der Waals surface area contributed by atoms with Gasteiger partial charge in [-0.3, -0.25) is 0 Å². The molecule has 34 heavy (non-hydrogen) atoms. The summed E-state index contributed by atoms with van der Waals surface area (Å²) in [7, 11) is 1.54. The molecule has 1 unspecified atom stereocenters. The molecule has 0 radical (unpaired) electrons. The molecule has 0 amide bonds. The second-order valence-corrected chi connectivity index (χ2v) is 7.96. The van der Waals surface area contributed by atoms with Crippen LogP contribution in [0.25, 0.3) is 10.9 Å². The molecule has 0 bridgehead atoms. The monoisotopic (exact) mass is 474 g/mol. The van der Waals surface area contributed by atoms with Crippen LogP contribution < -0.4 is 20.5 Å². The van der Waals surface area contributed by atoms with Gasteiger partial charge in [0.1, 0.15) is 17.4 Å². The van der Waals surface area contributed by atoms with Gasteiger partial charge in [0, 0.05) is 30.1 Å². The first-order valence-corrected chi connectivity index (χ1v) is 10.7. The van der Waals surface area contributed by atoms with Gasteiger partial charge < -0.3 is 25.3 Å². The number of methoxy groups -OCH3 is 1. The molecule has 2 aromatic carbocycles. The van der Waals surface area contributed by atoms with Crippen LogP contribution in [-0.2, 0) is 17.5 Å². The quantitative estimate of drug-likeness (QED) is 0.453. The Labute approximate surface area is 194 Å². The Morgan fingerprint density at radius 3 is 2.62 bits per heavy atom. The fourth-order valence-electron chi connectivity index (χ4n) is 3.78. The van der Waals surface area contributed by atoms with Crippen LogP contribution in [0.15, 0.2) is 42.2 Å². The van der Waals surface area contributed by atoms with E-state index in [9.17, 15) is 13.2 Å². The third-order valence-electron chi connectivity index (χ3n) is 5.33. The fraction of sp³-hybridized carbons (Fsp3) is 0.333. The molecular formula is C24H25F3N4O3. The maximum atomic E-state index is 13.2. The van der Waals surface area contributed by atoms with E-state index in [1.54, 1.807) is 19.1 Å². The van der Waals surface area contributed by atoms with Crippen molar-refractivity contribution < 1.29 is 27.4 Å². The van der Waals surface area contributed by atoms with Crippen LogP contribution in [0, 0.1) is 6.92 Å². The predicted molar refractivity (Wildman–Crippen MR) is 123 cm³/mol. The van der Waals surface area contributed by atoms with Gasteiger partial charge in [-0.05, 0) is 49.8 Å². The number of alkyl halides is 3. The first-order valence-electron chi connectivity index (χ1n) is 10.7. The summed E-state index contributed by atoms with van der Waals surface area (Å²) in [6, 6.07) is 6.96. The normalized spacial score (nSPS) is 14.5. The second kappa shape index (κ2) is 9.28. The van der Waals surface area contributed by atoms with Gasteiger partial charge in [-0.1, -0.05) is 0 Å². The smallest absolute Gasteiger partial charge is 0.416 e. The molecular weight excluding hydrogens is 449 g/mol. The summed E-state index contributed by atoms with van der Waals surface area (Å²) in [5, 5.41) is 3.75. The van der Waals surface area contributed by atoms with E-state index in [0.29, 0.717) is 46.2 Å². The highest BCUT2D eigenvalue weighted by Gasteiger charge is 2.31. The highest BCUT2D eigenvalue weighted by atomic mass is 19.4. The van der Waals surface area contributed by atoms with E-state index in [2.05, 4.69) is 15.3 Å². The SMILES string of the molecule is COc1cc2nc(C)nc(NCc3cc(N)cc(C(F)(F)F)c3)c2cc1OC(C)C1=CCCO1. The van der Waals surface area contributed by atoms with Crippen molar-refractivity contribution in [2.45, 2.75) is 39.1 Å². The number of nitrogens with zero attached hydrogens (tertiary/aromatic N) is 2. The van der Waals surface area contributed by atoms with Crippen molar-refractivity contribution >= 4 is 22.4 Å². The van der Waals surface area contributed by atoms with Crippen molar-refractivity contribution in [3.05, 3.63) is 59.1 Å². The minimum Gasteiger partial charge on any atom is -0.494 e. The molecule has 0 saturated heterocycles. The zero-order valence-corrected chi connectivity index (χ0v) is 19.0. The number of benzene rings is 2. The third-order valence-corrected chi connectivity index (χ3v) is 5.33. The summed E-state index contributed by atoms with van der Waals surface area (Å²) in [4.78, 5) is 8.92. The minimum absolute atomic E-state index is 0.0354. The zero-order chi connectivity index (χ0) is 24.5. The predicted octanol–water partition coefficient (Wildman–Crippen LogP) is 5.23. The summed E-state index contributed by atoms with van der Waals surface area (Å²) in [6.45, 7) is 4.32. The molecule has 2 heterocycles. The van der Waals surface area contributed by atoms with Crippen LogP contribution >= 0.6 is 0 Å². The van der Waals surface area contributed by atoms with Crippen LogP contribution in [0.4, 0.5) is 24.7 Å². The minimum atomic E-state index is -4.49. The Morgan fingerprint density at radius 2 is 1.94 bits per heavy atom. The van der Waals surface area contributed by atoms with Crippen molar-refractivity contribution in [1.29, 1.82) is 0 Å². The number of anilines is 2. The zero-order valence-electron chi connectivity index (χ0n) is 19.0. The van der Waals surface area contributed by atoms with E-state index in [4.69, 9.17) is 19.9 Å². The molecule has 10 heteroatoms. The summed E-state index contributed by atoms with van der Waals surface area (Å²) in [5.74, 6) is 2.66. The van der Waals surface area contributed by atoms with E-state index in [-0.39, 0.29) is 18.3 Å². The molecule has 0 saturated carbocycles. The van der Waals surface area contributed by atoms with Crippen molar-refractivity contribution in [1.82, 2.24) is 9.97 Å². The number of aryl methyl sites for hydroxylation is 1. The lowest BCUT2D eigenvalue weighted by molar-refractivity contribution is -0.137. The lowest BCUT2D eigenvalue weighted by atomic mass is 10.1. The first-order chi connectivity index (χ1) is 16.1. The van der Waals surface area contributed by atoms with Gasteiger partial charge in [-0.2, -0.15) is 13.2 Å². The summed E-state index contributed by atoms with van der Waals surface area (Å²) >= 11 is 0. The number of ether oxygens (including phenoxy) is 3. The molecule has 3 N–H and O–H groups in total. The van der Waals surface area contributed by atoms with Crippen LogP contribution in [0.3, 0.4) is 0 Å². The summed E-state index contributed by atoms with van der Waals surface area (Å²) in [5.41, 5.74) is 5.91. The highest BCUT2D eigenvalue weighted by Crippen LogP contribution is 2.36. The van der Waals surface area contributed by atoms with Gasteiger partial charge in [0.05, 0.1) is 24.8 Å². The number of nitrogens with one attached hydrogen (secondary N) is 1. The van der Waals surface area contributed by atoms with Crippen molar-refractivity contribution in [3.63, 3.8) is 0 Å². The van der Waals surface area contributed by atoms with Gasteiger partial charge in [0.15, 0.2) is 17.6 Å². The summed E-state index contributed by atoms with van der Waals surface area (Å²) < 4.78 is 56.7. The molecule has 1 aliphatic rings. The van der Waals surface area contributed by atoms with E-state index in [1.165, 1.54) is 13.2 Å². The van der Waals surface area contributed by atoms with Crippen LogP contribution in [-0.4, -0.2) is 29.8 Å². The molecule has 0 aliphatic carbocycles. The van der Waals surface area contributed by atoms with E-state index < -0.39 is 11.7 Å². The molecule has 4 rings (SSSR count). The van der Waals surface area contributed by atoms with Gasteiger partial charge >= 0.3 is 6.18 Å². The van der Waals surface area contributed by atoms with Gasteiger partial charge in [0.2, 0.25) is 0 Å². The average molecular weight is 474 g/mol. The van der Waals surface area contributed by atoms with Crippen LogP contribution in [0.1, 0.15) is 30.3 Å². The average Bonchev–Trinajstić information content (AvgIpc) is 3.31. The number of fused-ring (bicyclic) bond motifs is 1. The number of nitrogens with two attached hydrogens (primary N) is 1. The second-order valence-electron chi connectivity index (χ2n) is 7.96. The van der Waals surface area contributed by atoms with Gasteiger partial charge in [-0.25, -0.2) is 9.97 Å². The largest absolute Gasteiger partial charge is 0.494 e. The van der Waals surface area contributed by atoms with Crippen LogP contribution in [0.5, 0.6) is 11.5 Å². The van der Waals surface area contributed by atoms with E-state index >= 15 is 0 Å². The third kappa shape index (κ3) is 5.11. The maximum absolute atomic E-state index is 13.2.